The molecule has 7 rings (SSSR count). The van der Waals surface area contributed by atoms with Crippen LogP contribution in [0.2, 0.25) is 0 Å². The maximum atomic E-state index is 14.1. The summed E-state index contributed by atoms with van der Waals surface area (Å²) in [6.45, 7) is 5.87. The van der Waals surface area contributed by atoms with Gasteiger partial charge in [0.1, 0.15) is 0 Å². The molecule has 2 amide bonds. The molecule has 1 aliphatic rings. The number of aryl methyl sites for hydroxylation is 3. The fraction of sp³-hybridized carbons (Fsp3) is 0.0833. The van der Waals surface area contributed by atoms with Gasteiger partial charge in [-0.3, -0.25) is 14.4 Å². The number of hydrogen-bond acceptors (Lipinski definition) is 3. The lowest BCUT2D eigenvalue weighted by Crippen LogP contribution is -2.31. The summed E-state index contributed by atoms with van der Waals surface area (Å²) in [6.07, 6.45) is 0. The normalized spacial score (nSPS) is 12.9. The van der Waals surface area contributed by atoms with Crippen LogP contribution in [-0.2, 0) is 0 Å². The Kier molecular flexibility index (Phi) is 5.51. The second-order valence-electron chi connectivity index (χ2n) is 10.7. The van der Waals surface area contributed by atoms with Crippen LogP contribution in [0.1, 0.15) is 53.3 Å². The van der Waals surface area contributed by atoms with Crippen molar-refractivity contribution in [2.24, 2.45) is 0 Å². The highest BCUT2D eigenvalue weighted by molar-refractivity contribution is 6.36. The van der Waals surface area contributed by atoms with Crippen LogP contribution in [0.15, 0.2) is 103 Å². The Hall–Kier alpha value is -5.29. The van der Waals surface area contributed by atoms with Gasteiger partial charge in [-0.1, -0.05) is 72.3 Å². The third-order valence-electron chi connectivity index (χ3n) is 7.96. The van der Waals surface area contributed by atoms with Gasteiger partial charge in [-0.25, -0.2) is 4.90 Å². The molecule has 5 aromatic carbocycles. The largest absolute Gasteiger partial charge is 0.308 e. The van der Waals surface area contributed by atoms with Crippen LogP contribution >= 0.6 is 0 Å². The van der Waals surface area contributed by atoms with Gasteiger partial charge in [0.15, 0.2) is 5.78 Å². The third kappa shape index (κ3) is 3.66. The fourth-order valence-electron chi connectivity index (χ4n) is 6.31. The van der Waals surface area contributed by atoms with Crippen molar-refractivity contribution in [3.8, 4) is 5.69 Å². The molecule has 0 saturated heterocycles. The molecular formula is C36H26N2O3. The molecule has 0 N–H and O–H groups in total. The van der Waals surface area contributed by atoms with Crippen LogP contribution in [0, 0.1) is 20.8 Å². The van der Waals surface area contributed by atoms with Crippen molar-refractivity contribution in [3.63, 3.8) is 0 Å². The van der Waals surface area contributed by atoms with E-state index in [9.17, 15) is 14.4 Å². The molecule has 5 heteroatoms. The van der Waals surface area contributed by atoms with Gasteiger partial charge in [0.25, 0.3) is 11.8 Å². The Morgan fingerprint density at radius 1 is 0.610 bits per heavy atom. The summed E-state index contributed by atoms with van der Waals surface area (Å²) in [5.74, 6) is -0.707. The predicted octanol–water partition coefficient (Wildman–Crippen LogP) is 7.74. The molecule has 5 nitrogen and oxygen atoms in total. The number of carbonyl (C=O) groups is 3. The first kappa shape index (κ1) is 24.7. The summed E-state index contributed by atoms with van der Waals surface area (Å²) in [5.41, 5.74) is 7.84. The Balaban J connectivity index is 1.44. The van der Waals surface area contributed by atoms with Gasteiger partial charge in [-0.2, -0.15) is 0 Å². The summed E-state index contributed by atoms with van der Waals surface area (Å²) < 4.78 is 2.03. The second-order valence-corrected chi connectivity index (χ2v) is 10.7. The smallest absolute Gasteiger partial charge is 0.268 e. The summed E-state index contributed by atoms with van der Waals surface area (Å²) in [6, 6.07) is 32.3. The molecule has 0 fully saturated rings. The Bertz CT molecular complexity index is 2060. The lowest BCUT2D eigenvalue weighted by atomic mass is 10.0. The van der Waals surface area contributed by atoms with E-state index < -0.39 is 0 Å². The quantitative estimate of drug-likeness (QED) is 0.172. The molecule has 198 valence electrons. The lowest BCUT2D eigenvalue weighted by Gasteiger charge is -2.20. The molecule has 0 atom stereocenters. The number of imide groups is 1. The first-order valence-electron chi connectivity index (χ1n) is 13.6. The van der Waals surface area contributed by atoms with E-state index in [1.807, 2.05) is 122 Å². The van der Waals surface area contributed by atoms with Crippen LogP contribution < -0.4 is 4.90 Å². The lowest BCUT2D eigenvalue weighted by molar-refractivity contribution is 0.0924. The summed E-state index contributed by atoms with van der Waals surface area (Å²) >= 11 is 0. The van der Waals surface area contributed by atoms with Gasteiger partial charge in [0, 0.05) is 21.9 Å². The van der Waals surface area contributed by atoms with Gasteiger partial charge in [-0.05, 0) is 68.3 Å². The number of hydrogen-bond donors (Lipinski definition) is 0. The van der Waals surface area contributed by atoms with Gasteiger partial charge in [0.05, 0.1) is 33.5 Å². The minimum Gasteiger partial charge on any atom is -0.308 e. The molecule has 0 radical (unpaired) electrons. The molecule has 0 aliphatic carbocycles. The Morgan fingerprint density at radius 2 is 1.29 bits per heavy atom. The topological polar surface area (TPSA) is 59.4 Å². The molecular weight excluding hydrogens is 508 g/mol. The van der Waals surface area contributed by atoms with Crippen molar-refractivity contribution in [1.82, 2.24) is 4.57 Å². The van der Waals surface area contributed by atoms with E-state index in [-0.39, 0.29) is 17.6 Å². The van der Waals surface area contributed by atoms with Gasteiger partial charge in [0.2, 0.25) is 0 Å². The SMILES string of the molecule is Cc1cc(C)c(N2C(=O)c3cccc(-n4c5ccccc5c5cc(C(=O)c6ccccc6)ccc54)c3C2=O)c(C)c1. The first-order valence-corrected chi connectivity index (χ1v) is 13.6. The van der Waals surface area contributed by atoms with Crippen molar-refractivity contribution in [2.75, 3.05) is 4.90 Å². The zero-order valence-electron chi connectivity index (χ0n) is 22.9. The molecule has 0 unspecified atom stereocenters. The van der Waals surface area contributed by atoms with Gasteiger partial charge in [-0.15, -0.1) is 0 Å². The molecule has 1 aliphatic heterocycles. The summed E-state index contributed by atoms with van der Waals surface area (Å²) in [7, 11) is 0. The molecule has 41 heavy (non-hydrogen) atoms. The number of rotatable bonds is 4. The van der Waals surface area contributed by atoms with Crippen LogP contribution in [0.4, 0.5) is 5.69 Å². The number of benzene rings is 5. The maximum absolute atomic E-state index is 14.1. The number of carbonyl (C=O) groups excluding carboxylic acids is 3. The minimum absolute atomic E-state index is 0.0508. The number of aromatic nitrogens is 1. The van der Waals surface area contributed by atoms with E-state index in [1.54, 1.807) is 6.07 Å². The van der Waals surface area contributed by atoms with Crippen molar-refractivity contribution < 1.29 is 14.4 Å². The number of amides is 2. The van der Waals surface area contributed by atoms with Crippen molar-refractivity contribution in [1.29, 1.82) is 0 Å². The van der Waals surface area contributed by atoms with Crippen LogP contribution in [0.3, 0.4) is 0 Å². The number of ketones is 1. The molecule has 0 saturated carbocycles. The predicted molar refractivity (Wildman–Crippen MR) is 162 cm³/mol. The van der Waals surface area contributed by atoms with E-state index in [0.717, 1.165) is 38.5 Å². The first-order chi connectivity index (χ1) is 19.8. The van der Waals surface area contributed by atoms with Crippen LogP contribution in [-0.4, -0.2) is 22.2 Å². The van der Waals surface area contributed by atoms with E-state index >= 15 is 0 Å². The van der Waals surface area contributed by atoms with E-state index in [4.69, 9.17) is 0 Å². The van der Waals surface area contributed by atoms with E-state index in [1.165, 1.54) is 4.90 Å². The van der Waals surface area contributed by atoms with Crippen molar-refractivity contribution >= 4 is 45.1 Å². The third-order valence-corrected chi connectivity index (χ3v) is 7.96. The zero-order valence-corrected chi connectivity index (χ0v) is 22.9. The zero-order chi connectivity index (χ0) is 28.4. The Labute approximate surface area is 237 Å². The minimum atomic E-state index is -0.336. The number of para-hydroxylation sites is 1. The summed E-state index contributed by atoms with van der Waals surface area (Å²) in [5, 5.41) is 1.86. The highest BCUT2D eigenvalue weighted by Crippen LogP contribution is 2.39. The monoisotopic (exact) mass is 534 g/mol. The van der Waals surface area contributed by atoms with E-state index in [2.05, 4.69) is 0 Å². The highest BCUT2D eigenvalue weighted by atomic mass is 16.2. The Morgan fingerprint density at radius 3 is 2.05 bits per heavy atom. The average Bonchev–Trinajstić information content (AvgIpc) is 3.44. The molecule has 2 heterocycles. The second kappa shape index (κ2) is 9.14. The molecule has 6 aromatic rings. The van der Waals surface area contributed by atoms with Crippen LogP contribution in [0.25, 0.3) is 27.5 Å². The van der Waals surface area contributed by atoms with Gasteiger partial charge < -0.3 is 4.57 Å². The van der Waals surface area contributed by atoms with E-state index in [0.29, 0.717) is 33.6 Å². The van der Waals surface area contributed by atoms with Crippen molar-refractivity contribution in [2.45, 2.75) is 20.8 Å². The highest BCUT2D eigenvalue weighted by Gasteiger charge is 2.40. The summed E-state index contributed by atoms with van der Waals surface area (Å²) in [4.78, 5) is 42.5. The maximum Gasteiger partial charge on any atom is 0.268 e. The number of fused-ring (bicyclic) bond motifs is 4. The average molecular weight is 535 g/mol. The molecule has 1 aromatic heterocycles. The number of anilines is 1. The molecule has 0 spiro atoms. The fourth-order valence-corrected chi connectivity index (χ4v) is 6.31. The van der Waals surface area contributed by atoms with Crippen LogP contribution in [0.5, 0.6) is 0 Å². The van der Waals surface area contributed by atoms with Crippen molar-refractivity contribution in [3.05, 3.63) is 142 Å². The molecule has 0 bridgehead atoms. The van der Waals surface area contributed by atoms with Gasteiger partial charge >= 0.3 is 0 Å². The number of nitrogens with zero attached hydrogens (tertiary/aromatic N) is 2. The standard InChI is InChI=1S/C36H26N2O3/c1-21-18-22(2)33(23(3)19-21)38-35(40)27-13-9-15-31(32(27)36(38)41)37-29-14-8-7-12-26(29)28-20-25(16-17-30(28)37)34(39)24-10-5-4-6-11-24/h4-20H,1-3H3.